The quantitative estimate of drug-likeness (QED) is 0.599. The van der Waals surface area contributed by atoms with E-state index in [1.807, 2.05) is 34.3 Å². The van der Waals surface area contributed by atoms with Crippen molar-refractivity contribution in [3.8, 4) is 0 Å². The number of hydrogen-bond donors (Lipinski definition) is 0. The number of hydrogen-bond acceptors (Lipinski definition) is 2. The van der Waals surface area contributed by atoms with Crippen LogP contribution in [0, 0.1) is 0 Å². The summed E-state index contributed by atoms with van der Waals surface area (Å²) in [6.45, 7) is 2.74. The highest BCUT2D eigenvalue weighted by molar-refractivity contribution is 7.12. The Labute approximate surface area is 110 Å². The van der Waals surface area contributed by atoms with Gasteiger partial charge >= 0.3 is 0 Å². The first-order valence-corrected chi connectivity index (χ1v) is 7.01. The highest BCUT2D eigenvalue weighted by Gasteiger charge is 2.17. The summed E-state index contributed by atoms with van der Waals surface area (Å²) >= 11 is 7.23. The van der Waals surface area contributed by atoms with Crippen LogP contribution in [-0.4, -0.2) is 16.2 Å². The molecule has 2 aromatic rings. The Balaban J connectivity index is 2.34. The molecule has 0 N–H and O–H groups in total. The lowest BCUT2D eigenvalue weighted by atomic mass is 10.1. The number of halogens is 1. The molecule has 0 aliphatic rings. The molecule has 0 unspecified atom stereocenters. The molecule has 90 valence electrons. The Morgan fingerprint density at radius 1 is 1.47 bits per heavy atom. The maximum Gasteiger partial charge on any atom is 0.219 e. The molecule has 0 saturated carbocycles. The average molecular weight is 268 g/mol. The third-order valence-corrected chi connectivity index (χ3v) is 3.85. The van der Waals surface area contributed by atoms with Gasteiger partial charge in [0, 0.05) is 18.6 Å². The van der Waals surface area contributed by atoms with E-state index in [4.69, 9.17) is 11.6 Å². The second kappa shape index (κ2) is 5.52. The summed E-state index contributed by atoms with van der Waals surface area (Å²) in [5.41, 5.74) is 1.85. The Bertz CT molecular complexity index is 515. The van der Waals surface area contributed by atoms with E-state index in [9.17, 15) is 4.79 Å². The third kappa shape index (κ3) is 2.45. The lowest BCUT2D eigenvalue weighted by Gasteiger charge is -2.06. The Kier molecular flexibility index (Phi) is 4.02. The van der Waals surface area contributed by atoms with Crippen LogP contribution in [0.3, 0.4) is 0 Å². The third-order valence-electron chi connectivity index (χ3n) is 2.72. The van der Waals surface area contributed by atoms with Gasteiger partial charge in [-0.3, -0.25) is 4.79 Å². The largest absolute Gasteiger partial charge is 0.344 e. The van der Waals surface area contributed by atoms with E-state index in [1.165, 1.54) is 11.3 Å². The second-order valence-electron chi connectivity index (χ2n) is 3.73. The summed E-state index contributed by atoms with van der Waals surface area (Å²) in [4.78, 5) is 13.2. The van der Waals surface area contributed by atoms with Crippen LogP contribution in [-0.2, 0) is 13.0 Å². The van der Waals surface area contributed by atoms with Gasteiger partial charge in [0.05, 0.1) is 10.6 Å². The molecular weight excluding hydrogens is 254 g/mol. The molecule has 17 heavy (non-hydrogen) atoms. The van der Waals surface area contributed by atoms with Crippen molar-refractivity contribution in [1.29, 1.82) is 0 Å². The highest BCUT2D eigenvalue weighted by Crippen LogP contribution is 2.21. The molecule has 0 radical (unpaired) electrons. The molecule has 0 spiro atoms. The SMILES string of the molecule is CCc1ccsc1C(=O)c1cccn1CCCl. The monoisotopic (exact) mass is 267 g/mol. The van der Waals surface area contributed by atoms with Crippen molar-refractivity contribution < 1.29 is 4.79 Å². The van der Waals surface area contributed by atoms with Crippen molar-refractivity contribution in [3.63, 3.8) is 0 Å². The zero-order chi connectivity index (χ0) is 12.3. The Morgan fingerprint density at radius 3 is 3.00 bits per heavy atom. The van der Waals surface area contributed by atoms with Crippen LogP contribution in [0.25, 0.3) is 0 Å². The van der Waals surface area contributed by atoms with E-state index < -0.39 is 0 Å². The van der Waals surface area contributed by atoms with Gasteiger partial charge in [0.25, 0.3) is 0 Å². The minimum atomic E-state index is 0.104. The van der Waals surface area contributed by atoms with Crippen LogP contribution in [0.4, 0.5) is 0 Å². The van der Waals surface area contributed by atoms with Gasteiger partial charge in [0.2, 0.25) is 5.78 Å². The van der Waals surface area contributed by atoms with Crippen molar-refractivity contribution in [1.82, 2.24) is 4.57 Å². The minimum Gasteiger partial charge on any atom is -0.344 e. The molecular formula is C13H14ClNOS. The molecule has 2 heterocycles. The Morgan fingerprint density at radius 2 is 2.29 bits per heavy atom. The topological polar surface area (TPSA) is 22.0 Å². The van der Waals surface area contributed by atoms with Gasteiger partial charge in [-0.25, -0.2) is 0 Å². The molecule has 2 rings (SSSR count). The number of aryl methyl sites for hydroxylation is 2. The molecule has 0 saturated heterocycles. The molecule has 0 atom stereocenters. The van der Waals surface area contributed by atoms with E-state index in [2.05, 4.69) is 6.92 Å². The van der Waals surface area contributed by atoms with E-state index in [0.717, 1.165) is 22.6 Å². The molecule has 0 fully saturated rings. The van der Waals surface area contributed by atoms with Crippen LogP contribution in [0.5, 0.6) is 0 Å². The first-order chi connectivity index (χ1) is 8.27. The number of alkyl halides is 1. The van der Waals surface area contributed by atoms with Gasteiger partial charge in [-0.1, -0.05) is 6.92 Å². The lowest BCUT2D eigenvalue weighted by Crippen LogP contribution is -2.10. The smallest absolute Gasteiger partial charge is 0.219 e. The van der Waals surface area contributed by atoms with E-state index >= 15 is 0 Å². The van der Waals surface area contributed by atoms with Crippen molar-refractivity contribution in [2.75, 3.05) is 5.88 Å². The summed E-state index contributed by atoms with van der Waals surface area (Å²) < 4.78 is 1.91. The van der Waals surface area contributed by atoms with Gasteiger partial charge in [-0.2, -0.15) is 0 Å². The van der Waals surface area contributed by atoms with Crippen LogP contribution < -0.4 is 0 Å². The fourth-order valence-corrected chi connectivity index (χ4v) is 2.96. The summed E-state index contributed by atoms with van der Waals surface area (Å²) in [6, 6.07) is 5.76. The molecule has 2 aromatic heterocycles. The van der Waals surface area contributed by atoms with E-state index in [0.29, 0.717) is 12.4 Å². The summed E-state index contributed by atoms with van der Waals surface area (Å²) in [7, 11) is 0. The zero-order valence-electron chi connectivity index (χ0n) is 9.65. The summed E-state index contributed by atoms with van der Waals surface area (Å²) in [5.74, 6) is 0.618. The number of carbonyl (C=O) groups excluding carboxylic acids is 1. The van der Waals surface area contributed by atoms with Crippen molar-refractivity contribution in [2.45, 2.75) is 19.9 Å². The summed E-state index contributed by atoms with van der Waals surface area (Å²) in [5, 5.41) is 1.97. The van der Waals surface area contributed by atoms with Crippen molar-refractivity contribution in [2.24, 2.45) is 0 Å². The molecule has 4 heteroatoms. The highest BCUT2D eigenvalue weighted by atomic mass is 35.5. The summed E-state index contributed by atoms with van der Waals surface area (Å²) in [6.07, 6.45) is 2.79. The van der Waals surface area contributed by atoms with Gasteiger partial charge in [0.15, 0.2) is 0 Å². The number of ketones is 1. The standard InChI is InChI=1S/C13H14ClNOS/c1-2-10-5-9-17-13(10)12(16)11-4-3-7-15(11)8-6-14/h3-5,7,9H,2,6,8H2,1H3. The second-order valence-corrected chi connectivity index (χ2v) is 5.03. The minimum absolute atomic E-state index is 0.104. The predicted octanol–water partition coefficient (Wildman–Crippen LogP) is 3.58. The Hall–Kier alpha value is -1.06. The average Bonchev–Trinajstić information content (AvgIpc) is 2.96. The fourth-order valence-electron chi connectivity index (χ4n) is 1.84. The van der Waals surface area contributed by atoms with Crippen molar-refractivity contribution >= 4 is 28.7 Å². The van der Waals surface area contributed by atoms with Crippen molar-refractivity contribution in [3.05, 3.63) is 45.9 Å². The van der Waals surface area contributed by atoms with Gasteiger partial charge in [-0.15, -0.1) is 22.9 Å². The molecule has 0 aliphatic heterocycles. The normalized spacial score (nSPS) is 10.7. The number of thiophene rings is 1. The van der Waals surface area contributed by atoms with Gasteiger partial charge < -0.3 is 4.57 Å². The predicted molar refractivity (Wildman–Crippen MR) is 72.3 cm³/mol. The zero-order valence-corrected chi connectivity index (χ0v) is 11.2. The van der Waals surface area contributed by atoms with E-state index in [1.54, 1.807) is 0 Å². The first-order valence-electron chi connectivity index (χ1n) is 5.60. The molecule has 0 aliphatic carbocycles. The van der Waals surface area contributed by atoms with E-state index in [-0.39, 0.29) is 5.78 Å². The molecule has 0 aromatic carbocycles. The maximum atomic E-state index is 12.4. The fraction of sp³-hybridized carbons (Fsp3) is 0.308. The van der Waals surface area contributed by atoms with Crippen LogP contribution >= 0.6 is 22.9 Å². The first kappa shape index (κ1) is 12.4. The number of carbonyl (C=O) groups is 1. The molecule has 0 amide bonds. The number of aromatic nitrogens is 1. The van der Waals surface area contributed by atoms with Gasteiger partial charge in [-0.05, 0) is 35.6 Å². The number of rotatable bonds is 5. The molecule has 0 bridgehead atoms. The molecule has 2 nitrogen and oxygen atoms in total. The van der Waals surface area contributed by atoms with Crippen LogP contribution in [0.1, 0.15) is 27.9 Å². The number of nitrogens with zero attached hydrogens (tertiary/aromatic N) is 1. The van der Waals surface area contributed by atoms with Gasteiger partial charge in [0.1, 0.15) is 0 Å². The van der Waals surface area contributed by atoms with Crippen LogP contribution in [0.15, 0.2) is 29.8 Å². The maximum absolute atomic E-state index is 12.4. The van der Waals surface area contributed by atoms with Crippen LogP contribution in [0.2, 0.25) is 0 Å². The lowest BCUT2D eigenvalue weighted by molar-refractivity contribution is 0.103.